The standard InChI is InChI=1S/C11H20ClN3O/c1-8(2)9(3)15-11(5-6-16-4)10(7-12)13-14-15/h8-9H,5-7H2,1-4H3. The molecular weight excluding hydrogens is 226 g/mol. The first-order valence-electron chi connectivity index (χ1n) is 5.59. The van der Waals surface area contributed by atoms with E-state index in [1.165, 1.54) is 0 Å². The molecule has 0 radical (unpaired) electrons. The zero-order chi connectivity index (χ0) is 12.1. The molecule has 16 heavy (non-hydrogen) atoms. The van der Waals surface area contributed by atoms with Crippen LogP contribution in [0.25, 0.3) is 0 Å². The maximum Gasteiger partial charge on any atom is 0.101 e. The summed E-state index contributed by atoms with van der Waals surface area (Å²) in [5.74, 6) is 0.926. The van der Waals surface area contributed by atoms with Gasteiger partial charge in [-0.25, -0.2) is 4.68 Å². The number of ether oxygens (including phenoxy) is 1. The van der Waals surface area contributed by atoms with Crippen LogP contribution in [0.3, 0.4) is 0 Å². The quantitative estimate of drug-likeness (QED) is 0.723. The Morgan fingerprint density at radius 3 is 2.56 bits per heavy atom. The van der Waals surface area contributed by atoms with Crippen molar-refractivity contribution in [2.75, 3.05) is 13.7 Å². The van der Waals surface area contributed by atoms with Crippen molar-refractivity contribution in [2.24, 2.45) is 5.92 Å². The van der Waals surface area contributed by atoms with Crippen LogP contribution >= 0.6 is 11.6 Å². The largest absolute Gasteiger partial charge is 0.384 e. The highest BCUT2D eigenvalue weighted by Crippen LogP contribution is 2.20. The molecule has 0 aliphatic rings. The third-order valence-electron chi connectivity index (χ3n) is 2.89. The van der Waals surface area contributed by atoms with E-state index in [2.05, 4.69) is 31.1 Å². The summed E-state index contributed by atoms with van der Waals surface area (Å²) in [7, 11) is 1.69. The van der Waals surface area contributed by atoms with E-state index >= 15 is 0 Å². The van der Waals surface area contributed by atoms with E-state index in [1.807, 2.05) is 4.68 Å². The van der Waals surface area contributed by atoms with Crippen LogP contribution in [-0.2, 0) is 17.0 Å². The smallest absolute Gasteiger partial charge is 0.101 e. The van der Waals surface area contributed by atoms with Crippen molar-refractivity contribution in [3.63, 3.8) is 0 Å². The van der Waals surface area contributed by atoms with E-state index in [1.54, 1.807) is 7.11 Å². The fourth-order valence-electron chi connectivity index (χ4n) is 1.52. The molecule has 1 rings (SSSR count). The third kappa shape index (κ3) is 2.95. The maximum atomic E-state index is 5.85. The van der Waals surface area contributed by atoms with Gasteiger partial charge in [-0.15, -0.1) is 16.7 Å². The molecule has 1 heterocycles. The van der Waals surface area contributed by atoms with Crippen molar-refractivity contribution >= 4 is 11.6 Å². The Balaban J connectivity index is 2.94. The Kier molecular flexibility index (Phi) is 5.22. The number of alkyl halides is 1. The molecule has 1 atom stereocenters. The zero-order valence-corrected chi connectivity index (χ0v) is 11.2. The van der Waals surface area contributed by atoms with Crippen LogP contribution in [0.2, 0.25) is 0 Å². The van der Waals surface area contributed by atoms with Gasteiger partial charge in [-0.05, 0) is 12.8 Å². The fourth-order valence-corrected chi connectivity index (χ4v) is 1.72. The van der Waals surface area contributed by atoms with Crippen molar-refractivity contribution in [3.05, 3.63) is 11.4 Å². The Morgan fingerprint density at radius 1 is 1.38 bits per heavy atom. The molecule has 0 saturated heterocycles. The van der Waals surface area contributed by atoms with Gasteiger partial charge in [0.15, 0.2) is 0 Å². The SMILES string of the molecule is COCCc1c(CCl)nnn1C(C)C(C)C. The van der Waals surface area contributed by atoms with Crippen LogP contribution < -0.4 is 0 Å². The summed E-state index contributed by atoms with van der Waals surface area (Å²) in [4.78, 5) is 0. The number of aromatic nitrogens is 3. The second-order valence-corrected chi connectivity index (χ2v) is 4.56. The summed E-state index contributed by atoms with van der Waals surface area (Å²) >= 11 is 5.85. The minimum Gasteiger partial charge on any atom is -0.384 e. The van der Waals surface area contributed by atoms with Crippen LogP contribution in [0.15, 0.2) is 0 Å². The van der Waals surface area contributed by atoms with Gasteiger partial charge in [0.2, 0.25) is 0 Å². The van der Waals surface area contributed by atoms with Crippen LogP contribution in [0.5, 0.6) is 0 Å². The van der Waals surface area contributed by atoms with E-state index in [0.29, 0.717) is 24.4 Å². The van der Waals surface area contributed by atoms with Crippen molar-refractivity contribution < 1.29 is 4.74 Å². The summed E-state index contributed by atoms with van der Waals surface area (Å²) in [5, 5.41) is 8.30. The first kappa shape index (κ1) is 13.5. The minimum absolute atomic E-state index is 0.330. The highest BCUT2D eigenvalue weighted by Gasteiger charge is 2.18. The summed E-state index contributed by atoms with van der Waals surface area (Å²) in [6.45, 7) is 7.16. The van der Waals surface area contributed by atoms with Crippen molar-refractivity contribution in [1.82, 2.24) is 15.0 Å². The Bertz CT molecular complexity index is 325. The van der Waals surface area contributed by atoms with Gasteiger partial charge in [-0.2, -0.15) is 0 Å². The molecule has 0 N–H and O–H groups in total. The van der Waals surface area contributed by atoms with Crippen LogP contribution in [-0.4, -0.2) is 28.7 Å². The summed E-state index contributed by atoms with van der Waals surface area (Å²) in [5.41, 5.74) is 1.96. The van der Waals surface area contributed by atoms with Gasteiger partial charge in [0.1, 0.15) is 5.69 Å². The normalized spacial score (nSPS) is 13.4. The van der Waals surface area contributed by atoms with Gasteiger partial charge in [-0.3, -0.25) is 0 Å². The van der Waals surface area contributed by atoms with Crippen molar-refractivity contribution in [1.29, 1.82) is 0 Å². The number of halogens is 1. The lowest BCUT2D eigenvalue weighted by Gasteiger charge is -2.18. The first-order chi connectivity index (χ1) is 7.61. The second kappa shape index (κ2) is 6.21. The van der Waals surface area contributed by atoms with Crippen LogP contribution in [0.1, 0.15) is 38.2 Å². The number of hydrogen-bond donors (Lipinski definition) is 0. The van der Waals surface area contributed by atoms with Gasteiger partial charge in [0.05, 0.1) is 24.2 Å². The Hall–Kier alpha value is -0.610. The predicted octanol–water partition coefficient (Wildman–Crippen LogP) is 2.42. The zero-order valence-electron chi connectivity index (χ0n) is 10.4. The third-order valence-corrected chi connectivity index (χ3v) is 3.14. The molecular formula is C11H20ClN3O. The predicted molar refractivity (Wildman–Crippen MR) is 64.7 cm³/mol. The van der Waals surface area contributed by atoms with Crippen molar-refractivity contribution in [2.45, 2.75) is 39.1 Å². The topological polar surface area (TPSA) is 39.9 Å². The van der Waals surface area contributed by atoms with Gasteiger partial charge >= 0.3 is 0 Å². The van der Waals surface area contributed by atoms with Gasteiger partial charge in [0, 0.05) is 13.5 Å². The van der Waals surface area contributed by atoms with Crippen molar-refractivity contribution in [3.8, 4) is 0 Å². The number of rotatable bonds is 6. The molecule has 0 fully saturated rings. The molecule has 0 amide bonds. The maximum absolute atomic E-state index is 5.85. The molecule has 0 aromatic carbocycles. The van der Waals surface area contributed by atoms with Gasteiger partial charge in [-0.1, -0.05) is 19.1 Å². The molecule has 1 aromatic rings. The molecule has 1 unspecified atom stereocenters. The highest BCUT2D eigenvalue weighted by atomic mass is 35.5. The molecule has 4 nitrogen and oxygen atoms in total. The average molecular weight is 246 g/mol. The molecule has 0 aliphatic carbocycles. The molecule has 0 aliphatic heterocycles. The van der Waals surface area contributed by atoms with E-state index in [9.17, 15) is 0 Å². The summed E-state index contributed by atoms with van der Waals surface area (Å²) in [6.07, 6.45) is 0.808. The van der Waals surface area contributed by atoms with Gasteiger partial charge in [0.25, 0.3) is 0 Å². The molecule has 0 bridgehead atoms. The second-order valence-electron chi connectivity index (χ2n) is 4.29. The fraction of sp³-hybridized carbons (Fsp3) is 0.818. The number of hydrogen-bond acceptors (Lipinski definition) is 3. The molecule has 0 saturated carbocycles. The van der Waals surface area contributed by atoms with E-state index in [4.69, 9.17) is 16.3 Å². The molecule has 92 valence electrons. The monoisotopic (exact) mass is 245 g/mol. The Labute approximate surface area is 102 Å². The number of nitrogens with zero attached hydrogens (tertiary/aromatic N) is 3. The van der Waals surface area contributed by atoms with Crippen LogP contribution in [0, 0.1) is 5.92 Å². The number of methoxy groups -OCH3 is 1. The lowest BCUT2D eigenvalue weighted by molar-refractivity contribution is 0.198. The Morgan fingerprint density at radius 2 is 2.06 bits per heavy atom. The van der Waals surface area contributed by atoms with E-state index < -0.39 is 0 Å². The highest BCUT2D eigenvalue weighted by molar-refractivity contribution is 6.16. The summed E-state index contributed by atoms with van der Waals surface area (Å²) in [6, 6.07) is 0.330. The first-order valence-corrected chi connectivity index (χ1v) is 6.13. The molecule has 0 spiro atoms. The molecule has 1 aromatic heterocycles. The van der Waals surface area contributed by atoms with E-state index in [-0.39, 0.29) is 0 Å². The minimum atomic E-state index is 0.330. The van der Waals surface area contributed by atoms with Crippen LogP contribution in [0.4, 0.5) is 0 Å². The summed E-state index contributed by atoms with van der Waals surface area (Å²) < 4.78 is 7.07. The molecule has 5 heteroatoms. The lowest BCUT2D eigenvalue weighted by Crippen LogP contribution is -2.17. The lowest BCUT2D eigenvalue weighted by atomic mass is 10.1. The van der Waals surface area contributed by atoms with E-state index in [0.717, 1.165) is 17.8 Å². The average Bonchev–Trinajstić information content (AvgIpc) is 2.67. The van der Waals surface area contributed by atoms with Gasteiger partial charge < -0.3 is 4.74 Å².